The van der Waals surface area contributed by atoms with Crippen molar-refractivity contribution in [3.8, 4) is 11.8 Å². The highest BCUT2D eigenvalue weighted by Crippen LogP contribution is 2.41. The number of likely N-dealkylation sites (N-methyl/N-ethyl adjacent to an activating group) is 2. The first kappa shape index (κ1) is 28.7. The van der Waals surface area contributed by atoms with Gasteiger partial charge in [0, 0.05) is 30.7 Å². The summed E-state index contributed by atoms with van der Waals surface area (Å²) in [4.78, 5) is 46.6. The summed E-state index contributed by atoms with van der Waals surface area (Å²) in [7, 11) is 4.77. The predicted molar refractivity (Wildman–Crippen MR) is 154 cm³/mol. The second-order valence-corrected chi connectivity index (χ2v) is 11.1. The number of amides is 3. The number of aromatic nitrogens is 1. The first-order valence-electron chi connectivity index (χ1n) is 13.5. The fourth-order valence-corrected chi connectivity index (χ4v) is 5.43. The monoisotopic (exact) mass is 543 g/mol. The van der Waals surface area contributed by atoms with E-state index in [1.54, 1.807) is 34.2 Å². The number of fused-ring (bicyclic) bond motifs is 2. The van der Waals surface area contributed by atoms with Crippen LogP contribution in [0.1, 0.15) is 56.1 Å². The molecule has 1 aliphatic heterocycles. The molecular weight excluding hydrogens is 506 g/mol. The van der Waals surface area contributed by atoms with Crippen molar-refractivity contribution >= 4 is 34.3 Å². The van der Waals surface area contributed by atoms with Gasteiger partial charge >= 0.3 is 0 Å². The van der Waals surface area contributed by atoms with E-state index in [1.807, 2.05) is 42.5 Å². The van der Waals surface area contributed by atoms with Gasteiger partial charge in [-0.3, -0.25) is 14.4 Å². The number of benzene rings is 2. The van der Waals surface area contributed by atoms with Crippen molar-refractivity contribution < 1.29 is 19.1 Å². The average molecular weight is 544 g/mol. The molecule has 0 radical (unpaired) electrons. The van der Waals surface area contributed by atoms with Gasteiger partial charge < -0.3 is 24.8 Å². The number of nitrogens with one attached hydrogen (secondary N) is 2. The maximum Gasteiger partial charge on any atom is 0.270 e. The third kappa shape index (κ3) is 5.26. The Morgan fingerprint density at radius 2 is 1.80 bits per heavy atom. The average Bonchev–Trinajstić information content (AvgIpc) is 3.49. The Morgan fingerprint density at radius 3 is 2.48 bits per heavy atom. The first-order chi connectivity index (χ1) is 19.0. The van der Waals surface area contributed by atoms with Gasteiger partial charge in [0.15, 0.2) is 0 Å². The standard InChI is InChI=1S/C31H37N5O4/c1-19(2)14-15-26(36(5)28(37)25-16-21-23(33-25)12-9-13-27(21)40-6)29(38)35(4)20(18-32)17-31(3)22-10-7-8-11-24(22)34-30(31)39/h7-13,16,19-20,26,33H,14-15,17H2,1-6H3,(H,34,39)/t20-,26-,31+/m0/s1. The number of para-hydroxylation sites is 1. The molecule has 2 N–H and O–H groups in total. The van der Waals surface area contributed by atoms with E-state index in [2.05, 4.69) is 30.2 Å². The zero-order valence-corrected chi connectivity index (χ0v) is 23.9. The summed E-state index contributed by atoms with van der Waals surface area (Å²) >= 11 is 0. The maximum absolute atomic E-state index is 14.0. The van der Waals surface area contributed by atoms with E-state index >= 15 is 0 Å². The smallest absolute Gasteiger partial charge is 0.270 e. The number of methoxy groups -OCH3 is 1. The maximum atomic E-state index is 14.0. The van der Waals surface area contributed by atoms with Crippen molar-refractivity contribution in [2.75, 3.05) is 26.5 Å². The van der Waals surface area contributed by atoms with Crippen LogP contribution in [0.5, 0.6) is 5.75 Å². The van der Waals surface area contributed by atoms with E-state index < -0.39 is 17.5 Å². The van der Waals surface area contributed by atoms with Crippen molar-refractivity contribution in [2.45, 2.75) is 57.5 Å². The van der Waals surface area contributed by atoms with Gasteiger partial charge in [0.1, 0.15) is 23.5 Å². The van der Waals surface area contributed by atoms with Crippen LogP contribution in [0, 0.1) is 17.2 Å². The molecule has 40 heavy (non-hydrogen) atoms. The van der Waals surface area contributed by atoms with Crippen LogP contribution >= 0.6 is 0 Å². The number of hydrogen-bond acceptors (Lipinski definition) is 5. The summed E-state index contributed by atoms with van der Waals surface area (Å²) in [6, 6.07) is 15.2. The number of hydrogen-bond donors (Lipinski definition) is 2. The van der Waals surface area contributed by atoms with Crippen molar-refractivity contribution in [3.05, 3.63) is 59.8 Å². The minimum Gasteiger partial charge on any atom is -0.496 e. The van der Waals surface area contributed by atoms with Crippen LogP contribution in [0.2, 0.25) is 0 Å². The molecule has 0 unspecified atom stereocenters. The molecule has 0 saturated carbocycles. The van der Waals surface area contributed by atoms with Crippen LogP contribution in [-0.4, -0.2) is 65.8 Å². The zero-order chi connectivity index (χ0) is 29.2. The van der Waals surface area contributed by atoms with E-state index in [1.165, 1.54) is 9.80 Å². The number of ether oxygens (including phenoxy) is 1. The molecule has 0 spiro atoms. The van der Waals surface area contributed by atoms with Crippen LogP contribution in [-0.2, 0) is 15.0 Å². The Balaban J connectivity index is 1.60. The summed E-state index contributed by atoms with van der Waals surface area (Å²) in [6.07, 6.45) is 1.28. The normalized spacial score (nSPS) is 17.6. The molecule has 0 aliphatic carbocycles. The molecule has 0 fully saturated rings. The summed E-state index contributed by atoms with van der Waals surface area (Å²) in [5, 5.41) is 13.8. The summed E-state index contributed by atoms with van der Waals surface area (Å²) < 4.78 is 5.43. The lowest BCUT2D eigenvalue weighted by Gasteiger charge is -2.35. The van der Waals surface area contributed by atoms with Gasteiger partial charge in [-0.2, -0.15) is 5.26 Å². The van der Waals surface area contributed by atoms with E-state index in [-0.39, 0.29) is 24.1 Å². The summed E-state index contributed by atoms with van der Waals surface area (Å²) in [6.45, 7) is 5.92. The second kappa shape index (κ2) is 11.4. The lowest BCUT2D eigenvalue weighted by Crippen LogP contribution is -2.52. The SMILES string of the molecule is COc1cccc2[nH]c(C(=O)N(C)[C@@H](CCC(C)C)C(=O)N(C)[C@H](C#N)C[C@@]3(C)C(=O)Nc4ccccc43)cc12. The van der Waals surface area contributed by atoms with Crippen molar-refractivity contribution in [3.63, 3.8) is 0 Å². The van der Waals surface area contributed by atoms with Gasteiger partial charge in [-0.15, -0.1) is 0 Å². The molecule has 210 valence electrons. The number of aromatic amines is 1. The fourth-order valence-electron chi connectivity index (χ4n) is 5.43. The molecule has 1 aliphatic rings. The summed E-state index contributed by atoms with van der Waals surface area (Å²) in [5.41, 5.74) is 1.65. The highest BCUT2D eigenvalue weighted by Gasteiger charge is 2.45. The topological polar surface area (TPSA) is 119 Å². The second-order valence-electron chi connectivity index (χ2n) is 11.1. The van der Waals surface area contributed by atoms with E-state index in [0.29, 0.717) is 30.2 Å². The van der Waals surface area contributed by atoms with E-state index in [4.69, 9.17) is 4.74 Å². The number of rotatable bonds is 10. The number of nitrogens with zero attached hydrogens (tertiary/aromatic N) is 3. The largest absolute Gasteiger partial charge is 0.496 e. The Morgan fingerprint density at radius 1 is 1.07 bits per heavy atom. The van der Waals surface area contributed by atoms with Crippen molar-refractivity contribution in [1.82, 2.24) is 14.8 Å². The number of nitriles is 1. The van der Waals surface area contributed by atoms with Crippen LogP contribution in [0.3, 0.4) is 0 Å². The first-order valence-corrected chi connectivity index (χ1v) is 13.5. The van der Waals surface area contributed by atoms with Crippen LogP contribution in [0.4, 0.5) is 5.69 Å². The van der Waals surface area contributed by atoms with Crippen molar-refractivity contribution in [1.29, 1.82) is 5.26 Å². The van der Waals surface area contributed by atoms with Gasteiger partial charge in [-0.05, 0) is 61.9 Å². The Hall–Kier alpha value is -4.32. The lowest BCUT2D eigenvalue weighted by molar-refractivity contribution is -0.136. The van der Waals surface area contributed by atoms with Crippen molar-refractivity contribution in [2.24, 2.45) is 5.92 Å². The lowest BCUT2D eigenvalue weighted by atomic mass is 9.78. The molecule has 9 heteroatoms. The molecule has 3 amide bonds. The molecule has 2 heterocycles. The van der Waals surface area contributed by atoms with E-state index in [0.717, 1.165) is 22.2 Å². The van der Waals surface area contributed by atoms with Gasteiger partial charge in [-0.25, -0.2) is 0 Å². The zero-order valence-electron chi connectivity index (χ0n) is 23.9. The number of carbonyl (C=O) groups excluding carboxylic acids is 3. The van der Waals surface area contributed by atoms with Gasteiger partial charge in [0.05, 0.1) is 18.6 Å². The highest BCUT2D eigenvalue weighted by molar-refractivity contribution is 6.06. The molecule has 0 bridgehead atoms. The number of anilines is 1. The fraction of sp³-hybridized carbons (Fsp3) is 0.419. The number of carbonyl (C=O) groups is 3. The Labute approximate surface area is 235 Å². The van der Waals surface area contributed by atoms with Gasteiger partial charge in [0.2, 0.25) is 11.8 Å². The predicted octanol–water partition coefficient (Wildman–Crippen LogP) is 4.70. The Bertz CT molecular complexity index is 1470. The molecule has 1 aromatic heterocycles. The Kier molecular flexibility index (Phi) is 8.19. The third-order valence-corrected chi connectivity index (χ3v) is 8.00. The minimum absolute atomic E-state index is 0.130. The molecule has 2 aromatic carbocycles. The van der Waals surface area contributed by atoms with E-state index in [9.17, 15) is 19.6 Å². The molecule has 3 atom stereocenters. The number of H-pyrrole nitrogens is 1. The van der Waals surface area contributed by atoms with Gasteiger partial charge in [0.25, 0.3) is 5.91 Å². The van der Waals surface area contributed by atoms with Crippen LogP contribution < -0.4 is 10.1 Å². The molecule has 9 nitrogen and oxygen atoms in total. The molecule has 4 rings (SSSR count). The van der Waals surface area contributed by atoms with Gasteiger partial charge in [-0.1, -0.05) is 38.1 Å². The van der Waals surface area contributed by atoms with Crippen LogP contribution in [0.25, 0.3) is 10.9 Å². The highest BCUT2D eigenvalue weighted by atomic mass is 16.5. The quantitative estimate of drug-likeness (QED) is 0.384. The molecule has 3 aromatic rings. The minimum atomic E-state index is -0.968. The third-order valence-electron chi connectivity index (χ3n) is 8.00. The molecule has 0 saturated heterocycles. The molecular formula is C31H37N5O4. The summed E-state index contributed by atoms with van der Waals surface area (Å²) in [5.74, 6) is 0.0781. The van der Waals surface area contributed by atoms with Crippen LogP contribution in [0.15, 0.2) is 48.5 Å².